The van der Waals surface area contributed by atoms with E-state index < -0.39 is 11.9 Å². The molecule has 9 heteroatoms. The summed E-state index contributed by atoms with van der Waals surface area (Å²) >= 11 is 7.41. The number of halogens is 1. The Morgan fingerprint density at radius 3 is 2.75 bits per heavy atom. The van der Waals surface area contributed by atoms with Crippen molar-refractivity contribution in [3.63, 3.8) is 0 Å². The van der Waals surface area contributed by atoms with E-state index in [4.69, 9.17) is 16.0 Å². The Bertz CT molecular complexity index is 1430. The predicted octanol–water partition coefficient (Wildman–Crippen LogP) is 4.95. The minimum absolute atomic E-state index is 0.0225. The molecular formula is C23H18ClN3O4S. The smallest absolute Gasteiger partial charge is 0.297 e. The van der Waals surface area contributed by atoms with Crippen molar-refractivity contribution in [2.75, 3.05) is 4.90 Å². The second-order valence-electron chi connectivity index (χ2n) is 8.06. The lowest BCUT2D eigenvalue weighted by atomic mass is 9.98. The van der Waals surface area contributed by atoms with Gasteiger partial charge in [0.1, 0.15) is 16.3 Å². The van der Waals surface area contributed by atoms with Crippen LogP contribution < -0.4 is 10.3 Å². The number of fused-ring (bicyclic) bond motifs is 2. The van der Waals surface area contributed by atoms with Crippen LogP contribution in [0.3, 0.4) is 0 Å². The average Bonchev–Trinajstić information content (AvgIpc) is 3.30. The van der Waals surface area contributed by atoms with Gasteiger partial charge in [0.05, 0.1) is 17.0 Å². The van der Waals surface area contributed by atoms with Gasteiger partial charge in [-0.2, -0.15) is 0 Å². The molecule has 32 heavy (non-hydrogen) atoms. The fourth-order valence-corrected chi connectivity index (χ4v) is 5.18. The highest BCUT2D eigenvalue weighted by Gasteiger charge is 2.45. The molecule has 0 saturated heterocycles. The van der Waals surface area contributed by atoms with Crippen LogP contribution in [0.25, 0.3) is 11.0 Å². The Morgan fingerprint density at radius 1 is 1.19 bits per heavy atom. The molecule has 1 N–H and O–H groups in total. The van der Waals surface area contributed by atoms with Crippen LogP contribution in [0.4, 0.5) is 5.13 Å². The molecule has 0 fully saturated rings. The summed E-state index contributed by atoms with van der Waals surface area (Å²) in [4.78, 5) is 28.4. The zero-order chi connectivity index (χ0) is 22.6. The molecule has 0 saturated carbocycles. The number of anilines is 1. The lowest BCUT2D eigenvalue weighted by Crippen LogP contribution is -2.29. The molecule has 7 nitrogen and oxygen atoms in total. The number of amides is 1. The van der Waals surface area contributed by atoms with E-state index in [2.05, 4.69) is 24.0 Å². The van der Waals surface area contributed by atoms with Gasteiger partial charge in [-0.25, -0.2) is 0 Å². The van der Waals surface area contributed by atoms with Crippen molar-refractivity contribution in [3.05, 3.63) is 79.6 Å². The molecule has 5 rings (SSSR count). The molecule has 0 spiro atoms. The van der Waals surface area contributed by atoms with Crippen molar-refractivity contribution in [1.29, 1.82) is 0 Å². The van der Waals surface area contributed by atoms with Crippen molar-refractivity contribution >= 4 is 44.9 Å². The van der Waals surface area contributed by atoms with Crippen LogP contribution in [-0.4, -0.2) is 21.2 Å². The summed E-state index contributed by atoms with van der Waals surface area (Å²) in [5.74, 6) is -0.120. The van der Waals surface area contributed by atoms with Gasteiger partial charge < -0.3 is 9.52 Å². The monoisotopic (exact) mass is 467 g/mol. The zero-order valence-corrected chi connectivity index (χ0v) is 18.8. The van der Waals surface area contributed by atoms with Gasteiger partial charge in [0.25, 0.3) is 5.91 Å². The number of aromatic hydroxyl groups is 1. The first-order valence-electron chi connectivity index (χ1n) is 10.0. The first-order valence-corrected chi connectivity index (χ1v) is 11.2. The van der Waals surface area contributed by atoms with Gasteiger partial charge in [-0.15, -0.1) is 10.2 Å². The Morgan fingerprint density at radius 2 is 2.00 bits per heavy atom. The molecule has 1 amide bonds. The van der Waals surface area contributed by atoms with Crippen molar-refractivity contribution in [3.8, 4) is 5.75 Å². The maximum atomic E-state index is 13.5. The maximum Gasteiger partial charge on any atom is 0.297 e. The fourth-order valence-electron chi connectivity index (χ4n) is 3.93. The van der Waals surface area contributed by atoms with Crippen LogP contribution in [0.15, 0.2) is 51.7 Å². The van der Waals surface area contributed by atoms with Gasteiger partial charge in [0.15, 0.2) is 5.43 Å². The van der Waals surface area contributed by atoms with Crippen molar-refractivity contribution in [2.24, 2.45) is 5.92 Å². The third kappa shape index (κ3) is 3.36. The first kappa shape index (κ1) is 20.7. The standard InChI is InChI=1S/C23H18ClN3O4S/c1-11(2)8-17-25-26-23(32-17)27-19(12-4-3-5-14(28)9-12)18-20(29)15-10-13(24)6-7-16(15)31-21(18)22(27)30/h3-7,9-11,19,28H,8H2,1-2H3. The number of phenolic OH excluding ortho intramolecular Hbond substituents is 1. The number of hydrogen-bond acceptors (Lipinski definition) is 7. The van der Waals surface area contributed by atoms with Gasteiger partial charge in [-0.1, -0.05) is 48.9 Å². The summed E-state index contributed by atoms with van der Waals surface area (Å²) < 4.78 is 5.90. The van der Waals surface area contributed by atoms with Crippen molar-refractivity contribution < 1.29 is 14.3 Å². The first-order chi connectivity index (χ1) is 15.3. The Labute approximate surface area is 191 Å². The van der Waals surface area contributed by atoms with E-state index in [-0.39, 0.29) is 33.5 Å². The number of benzene rings is 2. The summed E-state index contributed by atoms with van der Waals surface area (Å²) in [5.41, 5.74) is 0.683. The van der Waals surface area contributed by atoms with E-state index >= 15 is 0 Å². The molecule has 0 radical (unpaired) electrons. The zero-order valence-electron chi connectivity index (χ0n) is 17.2. The summed E-state index contributed by atoms with van der Waals surface area (Å²) in [5, 5.41) is 20.4. The highest BCUT2D eigenvalue weighted by molar-refractivity contribution is 7.15. The predicted molar refractivity (Wildman–Crippen MR) is 123 cm³/mol. The second kappa shape index (κ2) is 7.72. The van der Waals surface area contributed by atoms with E-state index in [9.17, 15) is 14.7 Å². The molecule has 162 valence electrons. The van der Waals surface area contributed by atoms with Crippen molar-refractivity contribution in [2.45, 2.75) is 26.3 Å². The van der Waals surface area contributed by atoms with Gasteiger partial charge in [0.2, 0.25) is 10.9 Å². The normalized spacial score (nSPS) is 15.7. The highest BCUT2D eigenvalue weighted by Crippen LogP contribution is 2.42. The molecule has 4 aromatic rings. The van der Waals surface area contributed by atoms with Crippen LogP contribution in [0.5, 0.6) is 5.75 Å². The quantitative estimate of drug-likeness (QED) is 0.456. The Kier molecular flexibility index (Phi) is 4.98. The minimum Gasteiger partial charge on any atom is -0.508 e. The number of carbonyl (C=O) groups is 1. The van der Waals surface area contributed by atoms with Crippen molar-refractivity contribution in [1.82, 2.24) is 10.2 Å². The molecule has 0 bridgehead atoms. The summed E-state index contributed by atoms with van der Waals surface area (Å²) in [7, 11) is 0. The number of aromatic nitrogens is 2. The van der Waals surface area contributed by atoms with E-state index in [1.54, 1.807) is 24.3 Å². The highest BCUT2D eigenvalue weighted by atomic mass is 35.5. The van der Waals surface area contributed by atoms with Gasteiger partial charge in [0, 0.05) is 11.4 Å². The molecule has 2 aromatic heterocycles. The summed E-state index contributed by atoms with van der Waals surface area (Å²) in [6.45, 7) is 4.15. The summed E-state index contributed by atoms with van der Waals surface area (Å²) in [6.07, 6.45) is 0.725. The molecule has 1 aliphatic rings. The SMILES string of the molecule is CC(C)Cc1nnc(N2C(=O)c3oc4ccc(Cl)cc4c(=O)c3C2c2cccc(O)c2)s1. The average molecular weight is 468 g/mol. The van der Waals surface area contributed by atoms with E-state index in [0.717, 1.165) is 11.4 Å². The fraction of sp³-hybridized carbons (Fsp3) is 0.217. The van der Waals surface area contributed by atoms with Crippen LogP contribution in [-0.2, 0) is 6.42 Å². The lowest BCUT2D eigenvalue weighted by Gasteiger charge is -2.22. The Balaban J connectivity index is 1.75. The second-order valence-corrected chi connectivity index (χ2v) is 9.54. The van der Waals surface area contributed by atoms with Crippen LogP contribution in [0, 0.1) is 5.92 Å². The topological polar surface area (TPSA) is 96.5 Å². The third-order valence-electron chi connectivity index (χ3n) is 5.26. The van der Waals surface area contributed by atoms with E-state index in [0.29, 0.717) is 21.6 Å². The van der Waals surface area contributed by atoms with Crippen LogP contribution >= 0.6 is 22.9 Å². The Hall–Kier alpha value is -3.23. The summed E-state index contributed by atoms with van der Waals surface area (Å²) in [6, 6.07) is 10.4. The van der Waals surface area contributed by atoms with Crippen LogP contribution in [0.1, 0.15) is 46.6 Å². The third-order valence-corrected chi connectivity index (χ3v) is 6.44. The van der Waals surface area contributed by atoms with Gasteiger partial charge >= 0.3 is 0 Å². The molecule has 1 aliphatic heterocycles. The number of rotatable bonds is 4. The number of phenols is 1. The number of hydrogen-bond donors (Lipinski definition) is 1. The molecule has 2 aromatic carbocycles. The molecule has 1 atom stereocenters. The van der Waals surface area contributed by atoms with Crippen LogP contribution in [0.2, 0.25) is 5.02 Å². The lowest BCUT2D eigenvalue weighted by molar-refractivity contribution is 0.0970. The molecule has 1 unspecified atom stereocenters. The number of carbonyl (C=O) groups excluding carboxylic acids is 1. The van der Waals surface area contributed by atoms with Gasteiger partial charge in [-0.05, 0) is 41.8 Å². The largest absolute Gasteiger partial charge is 0.508 e. The minimum atomic E-state index is -0.816. The van der Waals surface area contributed by atoms with Gasteiger partial charge in [-0.3, -0.25) is 14.5 Å². The molecule has 3 heterocycles. The number of nitrogens with zero attached hydrogens (tertiary/aromatic N) is 3. The molecular weight excluding hydrogens is 450 g/mol. The van der Waals surface area contributed by atoms with E-state index in [1.165, 1.54) is 34.4 Å². The van der Waals surface area contributed by atoms with E-state index in [1.807, 2.05) is 0 Å². The molecule has 0 aliphatic carbocycles. The maximum absolute atomic E-state index is 13.5.